The predicted molar refractivity (Wildman–Crippen MR) is 103 cm³/mol. The molecule has 10 heteroatoms. The summed E-state index contributed by atoms with van der Waals surface area (Å²) in [5.74, 6) is -2.53. The van der Waals surface area contributed by atoms with Crippen molar-refractivity contribution in [2.75, 3.05) is 26.3 Å². The summed E-state index contributed by atoms with van der Waals surface area (Å²) in [7, 11) is -3.83. The van der Waals surface area contributed by atoms with Crippen molar-refractivity contribution in [3.05, 3.63) is 64.7 Å². The highest BCUT2D eigenvalue weighted by molar-refractivity contribution is 7.89. The number of hydrogen-bond acceptors (Lipinski definition) is 5. The van der Waals surface area contributed by atoms with E-state index in [1.165, 1.54) is 22.5 Å². The van der Waals surface area contributed by atoms with Gasteiger partial charge in [-0.3, -0.25) is 4.79 Å². The van der Waals surface area contributed by atoms with Crippen molar-refractivity contribution in [1.82, 2.24) is 9.62 Å². The van der Waals surface area contributed by atoms with Gasteiger partial charge in [-0.2, -0.15) is 9.57 Å². The summed E-state index contributed by atoms with van der Waals surface area (Å²) >= 11 is 0. The van der Waals surface area contributed by atoms with Gasteiger partial charge in [-0.25, -0.2) is 17.2 Å². The predicted octanol–water partition coefficient (Wildman–Crippen LogP) is 2.29. The third-order valence-electron chi connectivity index (χ3n) is 4.74. The molecular weight excluding hydrogens is 416 g/mol. The number of ether oxygens (including phenoxy) is 1. The lowest BCUT2D eigenvalue weighted by atomic mass is 10.0. The topological polar surface area (TPSA) is 99.5 Å². The maximum Gasteiger partial charge on any atom is 0.252 e. The van der Waals surface area contributed by atoms with Crippen LogP contribution >= 0.6 is 0 Å². The van der Waals surface area contributed by atoms with E-state index in [4.69, 9.17) is 4.74 Å². The van der Waals surface area contributed by atoms with Crippen LogP contribution in [0.15, 0.2) is 41.3 Å². The molecule has 0 spiro atoms. The normalized spacial score (nSPS) is 15.9. The molecule has 1 aliphatic rings. The molecule has 1 saturated heterocycles. The lowest BCUT2D eigenvalue weighted by molar-refractivity contribution is 0.0730. The number of benzene rings is 2. The molecule has 7 nitrogen and oxygen atoms in total. The van der Waals surface area contributed by atoms with E-state index >= 15 is 0 Å². The quantitative estimate of drug-likeness (QED) is 0.777. The fraction of sp³-hybridized carbons (Fsp3) is 0.300. The third-order valence-corrected chi connectivity index (χ3v) is 6.63. The maximum absolute atomic E-state index is 14.0. The Hall–Kier alpha value is -2.87. The van der Waals surface area contributed by atoms with E-state index in [1.807, 2.05) is 0 Å². The molecule has 1 unspecified atom stereocenters. The Kier molecular flexibility index (Phi) is 6.45. The Balaban J connectivity index is 1.88. The maximum atomic E-state index is 14.0. The number of carbonyl (C=O) groups excluding carboxylic acids is 1. The average Bonchev–Trinajstić information content (AvgIpc) is 2.73. The number of amides is 1. The summed E-state index contributed by atoms with van der Waals surface area (Å²) in [6.45, 7) is 2.59. The van der Waals surface area contributed by atoms with Gasteiger partial charge in [0.15, 0.2) is 0 Å². The number of nitrogens with zero attached hydrogens (tertiary/aromatic N) is 2. The molecule has 1 N–H and O–H groups in total. The van der Waals surface area contributed by atoms with Gasteiger partial charge in [0.2, 0.25) is 10.0 Å². The van der Waals surface area contributed by atoms with Crippen LogP contribution in [0.2, 0.25) is 0 Å². The van der Waals surface area contributed by atoms with E-state index in [9.17, 15) is 27.3 Å². The molecular formula is C20H19F2N3O4S. The van der Waals surface area contributed by atoms with Crippen LogP contribution in [-0.2, 0) is 14.8 Å². The van der Waals surface area contributed by atoms with Gasteiger partial charge in [0.05, 0.1) is 24.2 Å². The molecule has 0 aliphatic carbocycles. The van der Waals surface area contributed by atoms with Gasteiger partial charge in [-0.1, -0.05) is 12.1 Å². The zero-order valence-electron chi connectivity index (χ0n) is 16.1. The number of rotatable bonds is 5. The second-order valence-corrected chi connectivity index (χ2v) is 8.63. The number of aryl methyl sites for hydroxylation is 1. The van der Waals surface area contributed by atoms with Gasteiger partial charge in [-0.15, -0.1) is 0 Å². The molecule has 1 atom stereocenters. The first-order chi connectivity index (χ1) is 14.2. The Morgan fingerprint density at radius 3 is 2.53 bits per heavy atom. The Bertz CT molecular complexity index is 1110. The van der Waals surface area contributed by atoms with Crippen molar-refractivity contribution < 1.29 is 26.7 Å². The summed E-state index contributed by atoms with van der Waals surface area (Å²) in [4.78, 5) is 12.7. The second kappa shape index (κ2) is 8.87. The smallest absolute Gasteiger partial charge is 0.252 e. The highest BCUT2D eigenvalue weighted by Gasteiger charge is 2.28. The average molecular weight is 435 g/mol. The largest absolute Gasteiger partial charge is 0.379 e. The Morgan fingerprint density at radius 1 is 1.20 bits per heavy atom. The molecule has 158 valence electrons. The van der Waals surface area contributed by atoms with Crippen LogP contribution in [0.4, 0.5) is 8.78 Å². The van der Waals surface area contributed by atoms with Crippen molar-refractivity contribution in [2.24, 2.45) is 0 Å². The van der Waals surface area contributed by atoms with Gasteiger partial charge >= 0.3 is 0 Å². The fourth-order valence-electron chi connectivity index (χ4n) is 3.07. The molecule has 0 aromatic heterocycles. The van der Waals surface area contributed by atoms with E-state index in [-0.39, 0.29) is 42.3 Å². The number of morpholine rings is 1. The zero-order chi connectivity index (χ0) is 21.9. The first-order valence-corrected chi connectivity index (χ1v) is 10.5. The Labute approximate surface area is 172 Å². The van der Waals surface area contributed by atoms with Crippen LogP contribution in [-0.4, -0.2) is 44.9 Å². The molecule has 1 fully saturated rings. The van der Waals surface area contributed by atoms with Crippen LogP contribution in [0.5, 0.6) is 0 Å². The van der Waals surface area contributed by atoms with Gasteiger partial charge in [0.1, 0.15) is 17.7 Å². The van der Waals surface area contributed by atoms with Crippen molar-refractivity contribution in [3.8, 4) is 6.07 Å². The van der Waals surface area contributed by atoms with Crippen molar-refractivity contribution in [1.29, 1.82) is 5.26 Å². The zero-order valence-corrected chi connectivity index (χ0v) is 16.9. The molecule has 2 aromatic rings. The summed E-state index contributed by atoms with van der Waals surface area (Å²) < 4.78 is 59.3. The van der Waals surface area contributed by atoms with Crippen molar-refractivity contribution >= 4 is 15.9 Å². The molecule has 1 aliphatic heterocycles. The first kappa shape index (κ1) is 21.8. The minimum absolute atomic E-state index is 0.0344. The summed E-state index contributed by atoms with van der Waals surface area (Å²) in [5, 5.41) is 11.7. The number of nitriles is 1. The molecule has 30 heavy (non-hydrogen) atoms. The van der Waals surface area contributed by atoms with E-state index in [0.29, 0.717) is 11.6 Å². The van der Waals surface area contributed by atoms with E-state index < -0.39 is 33.6 Å². The van der Waals surface area contributed by atoms with Crippen LogP contribution < -0.4 is 5.32 Å². The van der Waals surface area contributed by atoms with Crippen LogP contribution in [0, 0.1) is 29.9 Å². The lowest BCUT2D eigenvalue weighted by Crippen LogP contribution is -2.40. The number of halogens is 2. The number of sulfonamides is 1. The van der Waals surface area contributed by atoms with Gasteiger partial charge in [0, 0.05) is 30.3 Å². The van der Waals surface area contributed by atoms with E-state index in [0.717, 1.165) is 12.1 Å². The molecule has 1 heterocycles. The minimum Gasteiger partial charge on any atom is -0.379 e. The monoisotopic (exact) mass is 435 g/mol. The third kappa shape index (κ3) is 4.48. The lowest BCUT2D eigenvalue weighted by Gasteiger charge is -2.26. The minimum atomic E-state index is -3.83. The van der Waals surface area contributed by atoms with Crippen molar-refractivity contribution in [3.63, 3.8) is 0 Å². The van der Waals surface area contributed by atoms with Gasteiger partial charge < -0.3 is 10.1 Å². The number of carbonyl (C=O) groups is 1. The standard InChI is InChI=1S/C20H19F2N3O4S/c1-13-2-4-15(30(27,28)25-6-8-29-9-7-25)11-17(13)20(26)24-19(12-23)16-5-3-14(21)10-18(16)22/h2-5,10-11,19H,6-9H2,1H3,(H,24,26). The summed E-state index contributed by atoms with van der Waals surface area (Å²) in [5.41, 5.74) is 0.318. The van der Waals surface area contributed by atoms with Crippen LogP contribution in [0.1, 0.15) is 27.5 Å². The van der Waals surface area contributed by atoms with Crippen LogP contribution in [0.3, 0.4) is 0 Å². The summed E-state index contributed by atoms with van der Waals surface area (Å²) in [6.07, 6.45) is 0. The molecule has 1 amide bonds. The van der Waals surface area contributed by atoms with Gasteiger partial charge in [0.25, 0.3) is 5.91 Å². The Morgan fingerprint density at radius 2 is 1.90 bits per heavy atom. The summed E-state index contributed by atoms with van der Waals surface area (Å²) in [6, 6.07) is 7.17. The first-order valence-electron chi connectivity index (χ1n) is 9.08. The van der Waals surface area contributed by atoms with Gasteiger partial charge in [-0.05, 0) is 30.7 Å². The SMILES string of the molecule is Cc1ccc(S(=O)(=O)N2CCOCC2)cc1C(=O)NC(C#N)c1ccc(F)cc1F. The molecule has 3 rings (SSSR count). The second-order valence-electron chi connectivity index (χ2n) is 6.69. The molecule has 0 radical (unpaired) electrons. The molecule has 0 saturated carbocycles. The van der Waals surface area contributed by atoms with Crippen LogP contribution in [0.25, 0.3) is 0 Å². The number of nitrogens with one attached hydrogen (secondary N) is 1. The van der Waals surface area contributed by atoms with Crippen molar-refractivity contribution in [2.45, 2.75) is 17.9 Å². The van der Waals surface area contributed by atoms with E-state index in [2.05, 4.69) is 5.32 Å². The number of hydrogen-bond donors (Lipinski definition) is 1. The highest BCUT2D eigenvalue weighted by atomic mass is 32.2. The molecule has 0 bridgehead atoms. The van der Waals surface area contributed by atoms with E-state index in [1.54, 1.807) is 13.0 Å². The molecule has 2 aromatic carbocycles. The highest BCUT2D eigenvalue weighted by Crippen LogP contribution is 2.22. The fourth-order valence-corrected chi connectivity index (χ4v) is 4.50.